The number of halogens is 1. The molecule has 0 atom stereocenters. The molecule has 1 amide bonds. The van der Waals surface area contributed by atoms with Crippen LogP contribution in [0, 0.1) is 17.7 Å². The van der Waals surface area contributed by atoms with Crippen LogP contribution in [-0.2, 0) is 0 Å². The molecule has 2 rings (SSSR count). The van der Waals surface area contributed by atoms with Gasteiger partial charge in [0, 0.05) is 11.1 Å². The lowest BCUT2D eigenvalue weighted by molar-refractivity contribution is 0.0935. The van der Waals surface area contributed by atoms with E-state index in [0.29, 0.717) is 11.1 Å². The highest BCUT2D eigenvalue weighted by Crippen LogP contribution is 2.34. The number of amides is 1. The molecule has 0 saturated heterocycles. The summed E-state index contributed by atoms with van der Waals surface area (Å²) in [6.07, 6.45) is 1.91. The smallest absolute Gasteiger partial charge is 0.252 e. The van der Waals surface area contributed by atoms with Gasteiger partial charge >= 0.3 is 0 Å². The molecule has 4 heteroatoms. The average Bonchev–Trinajstić information content (AvgIpc) is 3.04. The predicted molar refractivity (Wildman–Crippen MR) is 65.5 cm³/mol. The Balaban J connectivity index is 2.28. The van der Waals surface area contributed by atoms with Crippen molar-refractivity contribution in [3.63, 3.8) is 0 Å². The summed E-state index contributed by atoms with van der Waals surface area (Å²) in [6, 6.07) is 3.85. The van der Waals surface area contributed by atoms with Gasteiger partial charge in [-0.15, -0.1) is 0 Å². The number of benzene rings is 1. The first-order chi connectivity index (χ1) is 8.54. The molecule has 18 heavy (non-hydrogen) atoms. The minimum absolute atomic E-state index is 0.132. The minimum Gasteiger partial charge on any atom is -0.384 e. The number of carbonyl (C=O) groups is 1. The second-order valence-corrected chi connectivity index (χ2v) is 4.66. The van der Waals surface area contributed by atoms with E-state index >= 15 is 0 Å². The Bertz CT molecular complexity index is 538. The summed E-state index contributed by atoms with van der Waals surface area (Å²) in [5, 5.41) is 11.5. The molecule has 1 aromatic rings. The molecule has 3 nitrogen and oxygen atoms in total. The van der Waals surface area contributed by atoms with E-state index in [4.69, 9.17) is 5.11 Å². The minimum atomic E-state index is -0.452. The first-order valence-electron chi connectivity index (χ1n) is 5.76. The van der Waals surface area contributed by atoms with Crippen LogP contribution in [0.3, 0.4) is 0 Å². The standard InChI is InChI=1S/C14H14FNO2/c1-14(6-7-14)16-13(18)12-5-4-11(15)9-10(12)3-2-8-17/h4-5,9,17H,6-8H2,1H3,(H,16,18). The van der Waals surface area contributed by atoms with E-state index in [1.807, 2.05) is 6.92 Å². The molecule has 1 saturated carbocycles. The third-order valence-corrected chi connectivity index (χ3v) is 2.94. The topological polar surface area (TPSA) is 49.3 Å². The Labute approximate surface area is 105 Å². The largest absolute Gasteiger partial charge is 0.384 e. The summed E-state index contributed by atoms with van der Waals surface area (Å²) >= 11 is 0. The van der Waals surface area contributed by atoms with Crippen LogP contribution in [0.1, 0.15) is 35.7 Å². The highest BCUT2D eigenvalue weighted by molar-refractivity contribution is 5.97. The lowest BCUT2D eigenvalue weighted by Crippen LogP contribution is -2.34. The summed E-state index contributed by atoms with van der Waals surface area (Å²) in [5.41, 5.74) is 0.504. The summed E-state index contributed by atoms with van der Waals surface area (Å²) in [5.74, 6) is 4.31. The van der Waals surface area contributed by atoms with Gasteiger partial charge in [-0.05, 0) is 38.0 Å². The number of carbonyl (C=O) groups excluding carboxylic acids is 1. The maximum absolute atomic E-state index is 13.1. The number of hydrogen-bond donors (Lipinski definition) is 2. The zero-order chi connectivity index (χ0) is 13.2. The second-order valence-electron chi connectivity index (χ2n) is 4.66. The van der Waals surface area contributed by atoms with Gasteiger partial charge < -0.3 is 10.4 Å². The fourth-order valence-corrected chi connectivity index (χ4v) is 1.61. The van der Waals surface area contributed by atoms with E-state index in [-0.39, 0.29) is 18.1 Å². The molecule has 94 valence electrons. The number of aliphatic hydroxyl groups excluding tert-OH is 1. The van der Waals surface area contributed by atoms with Crippen molar-refractivity contribution < 1.29 is 14.3 Å². The molecule has 1 fully saturated rings. The Morgan fingerprint density at radius 1 is 1.56 bits per heavy atom. The number of rotatable bonds is 2. The fraction of sp³-hybridized carbons (Fsp3) is 0.357. The van der Waals surface area contributed by atoms with Crippen LogP contribution in [0.4, 0.5) is 4.39 Å². The van der Waals surface area contributed by atoms with Gasteiger partial charge in [0.1, 0.15) is 12.4 Å². The van der Waals surface area contributed by atoms with Crippen molar-refractivity contribution >= 4 is 5.91 Å². The monoisotopic (exact) mass is 247 g/mol. The quantitative estimate of drug-likeness (QED) is 0.777. The van der Waals surface area contributed by atoms with Gasteiger partial charge in [-0.3, -0.25) is 4.79 Å². The highest BCUT2D eigenvalue weighted by Gasteiger charge is 2.39. The van der Waals surface area contributed by atoms with Crippen LogP contribution < -0.4 is 5.32 Å². The van der Waals surface area contributed by atoms with Crippen molar-refractivity contribution in [2.45, 2.75) is 25.3 Å². The van der Waals surface area contributed by atoms with Gasteiger partial charge in [0.2, 0.25) is 0 Å². The molecule has 0 aliphatic heterocycles. The normalized spacial score (nSPS) is 15.5. The van der Waals surface area contributed by atoms with Gasteiger partial charge in [0.15, 0.2) is 0 Å². The number of nitrogens with one attached hydrogen (secondary N) is 1. The number of aliphatic hydroxyl groups is 1. The average molecular weight is 247 g/mol. The van der Waals surface area contributed by atoms with Crippen LogP contribution >= 0.6 is 0 Å². The van der Waals surface area contributed by atoms with Crippen LogP contribution in [0.15, 0.2) is 18.2 Å². The zero-order valence-corrected chi connectivity index (χ0v) is 10.1. The zero-order valence-electron chi connectivity index (χ0n) is 10.1. The van der Waals surface area contributed by atoms with Crippen molar-refractivity contribution in [3.05, 3.63) is 35.1 Å². The third-order valence-electron chi connectivity index (χ3n) is 2.94. The molecule has 1 aliphatic rings. The van der Waals surface area contributed by atoms with Crippen LogP contribution in [0.2, 0.25) is 0 Å². The first-order valence-corrected chi connectivity index (χ1v) is 5.76. The SMILES string of the molecule is CC1(NC(=O)c2ccc(F)cc2C#CCO)CC1. The maximum atomic E-state index is 13.1. The molecular formula is C14H14FNO2. The van der Waals surface area contributed by atoms with Gasteiger partial charge in [0.25, 0.3) is 5.91 Å². The van der Waals surface area contributed by atoms with Crippen molar-refractivity contribution in [1.82, 2.24) is 5.32 Å². The fourth-order valence-electron chi connectivity index (χ4n) is 1.61. The Morgan fingerprint density at radius 2 is 2.28 bits per heavy atom. The summed E-state index contributed by atoms with van der Waals surface area (Å²) < 4.78 is 13.1. The Morgan fingerprint density at radius 3 is 2.89 bits per heavy atom. The van der Waals surface area contributed by atoms with E-state index in [2.05, 4.69) is 17.2 Å². The van der Waals surface area contributed by atoms with Crippen molar-refractivity contribution in [1.29, 1.82) is 0 Å². The van der Waals surface area contributed by atoms with Crippen LogP contribution in [0.5, 0.6) is 0 Å². The summed E-state index contributed by atoms with van der Waals surface area (Å²) in [6.45, 7) is 1.64. The summed E-state index contributed by atoms with van der Waals surface area (Å²) in [7, 11) is 0. The lowest BCUT2D eigenvalue weighted by atomic mass is 10.1. The van der Waals surface area contributed by atoms with E-state index < -0.39 is 5.82 Å². The molecule has 0 aromatic heterocycles. The molecule has 0 heterocycles. The molecule has 1 aliphatic carbocycles. The molecule has 0 spiro atoms. The molecule has 0 radical (unpaired) electrons. The van der Waals surface area contributed by atoms with E-state index in [9.17, 15) is 9.18 Å². The maximum Gasteiger partial charge on any atom is 0.252 e. The lowest BCUT2D eigenvalue weighted by Gasteiger charge is -2.12. The van der Waals surface area contributed by atoms with Gasteiger partial charge in [-0.1, -0.05) is 11.8 Å². The van der Waals surface area contributed by atoms with E-state index in [0.717, 1.165) is 12.8 Å². The molecule has 1 aromatic carbocycles. The van der Waals surface area contributed by atoms with E-state index in [1.54, 1.807) is 0 Å². The van der Waals surface area contributed by atoms with Crippen LogP contribution in [0.25, 0.3) is 0 Å². The van der Waals surface area contributed by atoms with Crippen molar-refractivity contribution in [2.24, 2.45) is 0 Å². The van der Waals surface area contributed by atoms with Crippen molar-refractivity contribution in [2.75, 3.05) is 6.61 Å². The molecule has 2 N–H and O–H groups in total. The van der Waals surface area contributed by atoms with Gasteiger partial charge in [-0.25, -0.2) is 4.39 Å². The first kappa shape index (κ1) is 12.6. The molecular weight excluding hydrogens is 233 g/mol. The Kier molecular flexibility index (Phi) is 3.35. The molecule has 0 unspecified atom stereocenters. The van der Waals surface area contributed by atoms with Gasteiger partial charge in [-0.2, -0.15) is 0 Å². The van der Waals surface area contributed by atoms with Crippen LogP contribution in [-0.4, -0.2) is 23.2 Å². The van der Waals surface area contributed by atoms with Gasteiger partial charge in [0.05, 0.1) is 5.56 Å². The third kappa shape index (κ3) is 2.88. The predicted octanol–water partition coefficient (Wildman–Crippen LogP) is 1.45. The summed E-state index contributed by atoms with van der Waals surface area (Å²) in [4.78, 5) is 12.0. The van der Waals surface area contributed by atoms with E-state index in [1.165, 1.54) is 18.2 Å². The number of hydrogen-bond acceptors (Lipinski definition) is 2. The highest BCUT2D eigenvalue weighted by atomic mass is 19.1. The van der Waals surface area contributed by atoms with Crippen molar-refractivity contribution in [3.8, 4) is 11.8 Å². The Hall–Kier alpha value is -1.86. The molecule has 0 bridgehead atoms. The second kappa shape index (κ2) is 4.79.